The van der Waals surface area contributed by atoms with E-state index in [2.05, 4.69) is 20.5 Å². The molecule has 0 aliphatic carbocycles. The molecule has 2 bridgehead atoms. The van der Waals surface area contributed by atoms with E-state index in [0.717, 1.165) is 18.3 Å². The number of hydrogen-bond acceptors (Lipinski definition) is 4. The Hall–Kier alpha value is -3.83. The summed E-state index contributed by atoms with van der Waals surface area (Å²) in [5.74, 6) is -1.98. The van der Waals surface area contributed by atoms with Crippen LogP contribution in [0.5, 0.6) is 0 Å². The van der Waals surface area contributed by atoms with E-state index < -0.39 is 46.8 Å². The third kappa shape index (κ3) is 3.78. The van der Waals surface area contributed by atoms with E-state index in [-0.39, 0.29) is 17.2 Å². The van der Waals surface area contributed by atoms with Crippen molar-refractivity contribution in [1.82, 2.24) is 20.1 Å². The predicted molar refractivity (Wildman–Crippen MR) is 110 cm³/mol. The molecule has 34 heavy (non-hydrogen) atoms. The van der Waals surface area contributed by atoms with Crippen LogP contribution in [0.25, 0.3) is 11.1 Å². The van der Waals surface area contributed by atoms with Crippen LogP contribution in [0.2, 0.25) is 0 Å². The molecule has 4 heterocycles. The van der Waals surface area contributed by atoms with Crippen molar-refractivity contribution in [2.24, 2.45) is 0 Å². The number of rotatable bonds is 2. The number of anilines is 1. The molecule has 2 aliphatic heterocycles. The molecule has 7 nitrogen and oxygen atoms in total. The number of nitrogens with one attached hydrogen (secondary N) is 2. The van der Waals surface area contributed by atoms with Crippen LogP contribution < -0.4 is 10.9 Å². The molecule has 0 spiro atoms. The fourth-order valence-electron chi connectivity index (χ4n) is 4.67. The van der Waals surface area contributed by atoms with Crippen molar-refractivity contribution in [3.8, 4) is 11.1 Å². The van der Waals surface area contributed by atoms with Crippen molar-refractivity contribution >= 4 is 11.7 Å². The minimum Gasteiger partial charge on any atom is -0.313 e. The maximum absolute atomic E-state index is 14.9. The molecule has 2 aromatic heterocycles. The first-order chi connectivity index (χ1) is 16.1. The normalized spacial score (nSPS) is 19.1. The van der Waals surface area contributed by atoms with Gasteiger partial charge in [0.2, 0.25) is 5.95 Å². The molecule has 0 saturated carbocycles. The number of H-pyrrole nitrogens is 1. The lowest BCUT2D eigenvalue weighted by Gasteiger charge is -2.35. The fourth-order valence-corrected chi connectivity index (χ4v) is 4.67. The van der Waals surface area contributed by atoms with Crippen molar-refractivity contribution in [2.45, 2.75) is 37.5 Å². The van der Waals surface area contributed by atoms with E-state index >= 15 is 0 Å². The highest BCUT2D eigenvalue weighted by molar-refractivity contribution is 5.91. The molecule has 3 aromatic rings. The summed E-state index contributed by atoms with van der Waals surface area (Å²) < 4.78 is 69.3. The zero-order chi connectivity index (χ0) is 24.2. The smallest absolute Gasteiger partial charge is 0.313 e. The van der Waals surface area contributed by atoms with Gasteiger partial charge in [0.1, 0.15) is 5.82 Å². The van der Waals surface area contributed by atoms with Gasteiger partial charge < -0.3 is 10.2 Å². The second-order valence-corrected chi connectivity index (χ2v) is 8.18. The maximum atomic E-state index is 14.9. The van der Waals surface area contributed by atoms with Crippen molar-refractivity contribution in [3.05, 3.63) is 75.5 Å². The fraction of sp³-hybridized carbons (Fsp3) is 0.273. The van der Waals surface area contributed by atoms with E-state index in [1.54, 1.807) is 0 Å². The number of fused-ring (bicyclic) bond motifs is 4. The Morgan fingerprint density at radius 3 is 2.65 bits per heavy atom. The number of hydrogen-bond donors (Lipinski definition) is 2. The first-order valence-corrected chi connectivity index (χ1v) is 10.3. The van der Waals surface area contributed by atoms with Crippen LogP contribution in [-0.4, -0.2) is 32.2 Å². The Morgan fingerprint density at radius 1 is 1.15 bits per heavy atom. The molecule has 1 fully saturated rings. The van der Waals surface area contributed by atoms with Crippen molar-refractivity contribution in [3.63, 3.8) is 0 Å². The number of nitrogens with zero attached hydrogens (tertiary/aromatic N) is 3. The minimum atomic E-state index is -4.88. The summed E-state index contributed by atoms with van der Waals surface area (Å²) in [6.45, 7) is 0. The number of pyridine rings is 1. The Bertz CT molecular complexity index is 1340. The Kier molecular flexibility index (Phi) is 5.10. The standard InChI is InChI=1S/C22H16F5N5O2/c23-15-7-13(10-1-4-18(24)28-9-10)14(22(25,26)27)8-16(15)29-21(34)32-12-2-3-17(32)20-11(5-12)6-19(33)30-31-20/h1,4,6-9,12,17H,2-3,5H2,(H,29,34)(H,30,33)/t12-,17+/m0/s1. The molecule has 1 saturated heterocycles. The monoisotopic (exact) mass is 477 g/mol. The van der Waals surface area contributed by atoms with Gasteiger partial charge in [-0.25, -0.2) is 19.3 Å². The van der Waals surface area contributed by atoms with Gasteiger partial charge in [-0.3, -0.25) is 4.79 Å². The van der Waals surface area contributed by atoms with E-state index in [1.807, 2.05) is 0 Å². The minimum absolute atomic E-state index is 0.128. The number of aromatic nitrogens is 3. The topological polar surface area (TPSA) is 91.0 Å². The van der Waals surface area contributed by atoms with Crippen LogP contribution in [-0.2, 0) is 12.6 Å². The van der Waals surface area contributed by atoms with Crippen molar-refractivity contribution in [2.75, 3.05) is 5.32 Å². The number of amides is 2. The number of urea groups is 1. The quantitative estimate of drug-likeness (QED) is 0.422. The molecule has 0 radical (unpaired) electrons. The van der Waals surface area contributed by atoms with Crippen LogP contribution in [0.1, 0.15) is 35.7 Å². The first-order valence-electron chi connectivity index (χ1n) is 10.3. The summed E-state index contributed by atoms with van der Waals surface area (Å²) in [7, 11) is 0. The van der Waals surface area contributed by atoms with E-state index in [1.165, 1.54) is 11.0 Å². The van der Waals surface area contributed by atoms with Crippen molar-refractivity contribution < 1.29 is 26.7 Å². The van der Waals surface area contributed by atoms with Gasteiger partial charge >= 0.3 is 12.2 Å². The summed E-state index contributed by atoms with van der Waals surface area (Å²) in [6, 6.07) is 2.95. The zero-order valence-corrected chi connectivity index (χ0v) is 17.3. The number of benzene rings is 1. The average molecular weight is 477 g/mol. The highest BCUT2D eigenvalue weighted by atomic mass is 19.4. The van der Waals surface area contributed by atoms with E-state index in [0.29, 0.717) is 42.7 Å². The predicted octanol–water partition coefficient (Wildman–Crippen LogP) is 4.42. The Labute approximate surface area is 188 Å². The van der Waals surface area contributed by atoms with Gasteiger partial charge in [0.15, 0.2) is 0 Å². The zero-order valence-electron chi connectivity index (χ0n) is 17.3. The van der Waals surface area contributed by atoms with Gasteiger partial charge in [0.25, 0.3) is 5.56 Å². The number of carbonyl (C=O) groups excluding carboxylic acids is 1. The summed E-state index contributed by atoms with van der Waals surface area (Å²) in [5.41, 5.74) is -1.65. The molecule has 5 rings (SSSR count). The summed E-state index contributed by atoms with van der Waals surface area (Å²) in [5, 5.41) is 8.63. The molecule has 2 N–H and O–H groups in total. The molecular formula is C22H16F5N5O2. The summed E-state index contributed by atoms with van der Waals surface area (Å²) in [4.78, 5) is 29.3. The molecule has 0 unspecified atom stereocenters. The van der Waals surface area contributed by atoms with Crippen molar-refractivity contribution in [1.29, 1.82) is 0 Å². The van der Waals surface area contributed by atoms with Crippen LogP contribution >= 0.6 is 0 Å². The van der Waals surface area contributed by atoms with E-state index in [9.17, 15) is 31.5 Å². The average Bonchev–Trinajstić information content (AvgIpc) is 3.09. The third-order valence-corrected chi connectivity index (χ3v) is 6.12. The Balaban J connectivity index is 1.48. The summed E-state index contributed by atoms with van der Waals surface area (Å²) >= 11 is 0. The molecule has 1 aromatic carbocycles. The molecule has 12 heteroatoms. The van der Waals surface area contributed by atoms with Crippen LogP contribution in [0.15, 0.2) is 41.3 Å². The lowest BCUT2D eigenvalue weighted by molar-refractivity contribution is -0.137. The lowest BCUT2D eigenvalue weighted by atomic mass is 9.98. The SMILES string of the molecule is O=C(Nc1cc(C(F)(F)F)c(-c2ccc(F)nc2)cc1F)N1[C@H]2CC[C@@H]1c1n[nH]c(=O)cc1C2. The van der Waals surface area contributed by atoms with Gasteiger partial charge in [-0.2, -0.15) is 22.7 Å². The van der Waals surface area contributed by atoms with Crippen LogP contribution in [0.4, 0.5) is 32.4 Å². The van der Waals surface area contributed by atoms with Crippen LogP contribution in [0, 0.1) is 11.8 Å². The third-order valence-electron chi connectivity index (χ3n) is 6.12. The number of aromatic amines is 1. The molecule has 2 atom stereocenters. The van der Waals surface area contributed by atoms with Gasteiger partial charge in [0.05, 0.1) is 23.0 Å². The largest absolute Gasteiger partial charge is 0.417 e. The van der Waals surface area contributed by atoms with E-state index in [4.69, 9.17) is 0 Å². The highest BCUT2D eigenvalue weighted by Crippen LogP contribution is 2.43. The molecular weight excluding hydrogens is 461 g/mol. The Morgan fingerprint density at radius 2 is 1.94 bits per heavy atom. The highest BCUT2D eigenvalue weighted by Gasteiger charge is 2.44. The molecule has 2 aliphatic rings. The maximum Gasteiger partial charge on any atom is 0.417 e. The second kappa shape index (κ2) is 7.89. The summed E-state index contributed by atoms with van der Waals surface area (Å²) in [6.07, 6.45) is -2.48. The van der Waals surface area contributed by atoms with Gasteiger partial charge in [-0.15, -0.1) is 0 Å². The number of carbonyl (C=O) groups is 1. The number of halogens is 5. The second-order valence-electron chi connectivity index (χ2n) is 8.18. The molecule has 176 valence electrons. The van der Waals surface area contributed by atoms with Crippen LogP contribution in [0.3, 0.4) is 0 Å². The first kappa shape index (κ1) is 22.0. The van der Waals surface area contributed by atoms with Gasteiger partial charge in [-0.05, 0) is 54.7 Å². The number of alkyl halides is 3. The van der Waals surface area contributed by atoms with Gasteiger partial charge in [0, 0.05) is 23.9 Å². The molecule has 2 amide bonds. The van der Waals surface area contributed by atoms with Gasteiger partial charge in [-0.1, -0.05) is 0 Å². The lowest BCUT2D eigenvalue weighted by Crippen LogP contribution is -2.45.